The number of H-pyrrole nitrogens is 1. The van der Waals surface area contributed by atoms with Crippen molar-refractivity contribution in [3.8, 4) is 11.6 Å². The molecule has 0 fully saturated rings. The summed E-state index contributed by atoms with van der Waals surface area (Å²) in [5.74, 6) is -0.257. The summed E-state index contributed by atoms with van der Waals surface area (Å²) in [4.78, 5) is 27.0. The third kappa shape index (κ3) is 2.96. The van der Waals surface area contributed by atoms with Gasteiger partial charge in [0.05, 0.1) is 23.2 Å². The van der Waals surface area contributed by atoms with Gasteiger partial charge in [0.15, 0.2) is 0 Å². The summed E-state index contributed by atoms with van der Waals surface area (Å²) < 4.78 is 7.50. The number of aromatic amines is 1. The van der Waals surface area contributed by atoms with E-state index in [1.807, 2.05) is 41.9 Å². The van der Waals surface area contributed by atoms with E-state index in [1.54, 1.807) is 29.6 Å². The summed E-state index contributed by atoms with van der Waals surface area (Å²) in [6, 6.07) is 10.9. The average Bonchev–Trinajstić information content (AvgIpc) is 3.57. The maximum atomic E-state index is 13.5. The van der Waals surface area contributed by atoms with Crippen molar-refractivity contribution in [1.82, 2.24) is 39.7 Å². The van der Waals surface area contributed by atoms with Crippen LogP contribution >= 0.6 is 0 Å². The number of aryl methyl sites for hydroxylation is 1. The number of carbonyl (C=O) groups excluding carboxylic acids is 1. The van der Waals surface area contributed by atoms with Crippen LogP contribution in [0.2, 0.25) is 0 Å². The van der Waals surface area contributed by atoms with Crippen LogP contribution in [0, 0.1) is 6.92 Å². The number of carbonyl (C=O) groups is 1. The van der Waals surface area contributed by atoms with Crippen LogP contribution in [0.15, 0.2) is 59.5 Å². The van der Waals surface area contributed by atoms with Gasteiger partial charge in [-0.3, -0.25) is 9.78 Å². The molecule has 10 nitrogen and oxygen atoms in total. The smallest absolute Gasteiger partial charge is 0.312 e. The normalized spacial score (nSPS) is 15.8. The van der Waals surface area contributed by atoms with Gasteiger partial charge in [-0.25, -0.2) is 9.50 Å². The van der Waals surface area contributed by atoms with Gasteiger partial charge in [-0.05, 0) is 36.8 Å². The van der Waals surface area contributed by atoms with E-state index >= 15 is 0 Å². The van der Waals surface area contributed by atoms with Crippen LogP contribution in [0.25, 0.3) is 17.1 Å². The molecule has 6 heterocycles. The Morgan fingerprint density at radius 2 is 2.12 bits per heavy atom. The Bertz CT molecular complexity index is 1430. The fourth-order valence-corrected chi connectivity index (χ4v) is 4.06. The van der Waals surface area contributed by atoms with E-state index in [0.717, 1.165) is 28.2 Å². The van der Waals surface area contributed by atoms with Crippen LogP contribution in [-0.2, 0) is 6.42 Å². The molecule has 0 saturated carbocycles. The molecule has 1 aliphatic rings. The van der Waals surface area contributed by atoms with Crippen LogP contribution in [0.5, 0.6) is 0 Å². The first-order chi connectivity index (χ1) is 15.7. The highest BCUT2D eigenvalue weighted by Gasteiger charge is 2.38. The predicted octanol–water partition coefficient (Wildman–Crippen LogP) is 2.60. The molecule has 1 N–H and O–H groups in total. The Kier molecular flexibility index (Phi) is 4.10. The molecule has 0 aromatic carbocycles. The highest BCUT2D eigenvalue weighted by Crippen LogP contribution is 2.34. The summed E-state index contributed by atoms with van der Waals surface area (Å²) in [5, 5.41) is 12.7. The maximum absolute atomic E-state index is 13.5. The molecule has 5 aromatic rings. The first kappa shape index (κ1) is 18.4. The van der Waals surface area contributed by atoms with Crippen molar-refractivity contribution in [3.05, 3.63) is 83.7 Å². The van der Waals surface area contributed by atoms with E-state index in [4.69, 9.17) is 9.52 Å². The minimum atomic E-state index is -0.470. The molecule has 0 bridgehead atoms. The van der Waals surface area contributed by atoms with Crippen LogP contribution in [0.4, 0.5) is 0 Å². The molecule has 5 aromatic heterocycles. The fraction of sp³-hybridized carbons (Fsp3) is 0.182. The van der Waals surface area contributed by atoms with Gasteiger partial charge < -0.3 is 14.3 Å². The van der Waals surface area contributed by atoms with E-state index in [9.17, 15) is 4.79 Å². The highest BCUT2D eigenvalue weighted by atomic mass is 16.4. The summed E-state index contributed by atoms with van der Waals surface area (Å²) in [5.41, 5.74) is 5.04. The molecule has 0 radical (unpaired) electrons. The Morgan fingerprint density at radius 3 is 3.00 bits per heavy atom. The number of pyridine rings is 2. The first-order valence-corrected chi connectivity index (χ1v) is 10.2. The van der Waals surface area contributed by atoms with Crippen LogP contribution in [0.1, 0.15) is 39.4 Å². The van der Waals surface area contributed by atoms with Gasteiger partial charge >= 0.3 is 11.8 Å². The number of rotatable bonds is 3. The van der Waals surface area contributed by atoms with Crippen molar-refractivity contribution in [2.24, 2.45) is 0 Å². The SMILES string of the molecule is Cc1ccc2cc([C@@H]3c4nc[nH]c4CCN3C(=O)c3nnc(-c4ccccn4)o3)nn2c1. The third-order valence-electron chi connectivity index (χ3n) is 5.58. The van der Waals surface area contributed by atoms with E-state index in [-0.39, 0.29) is 17.7 Å². The molecule has 10 heteroatoms. The maximum Gasteiger partial charge on any atom is 0.312 e. The second-order valence-corrected chi connectivity index (χ2v) is 7.69. The van der Waals surface area contributed by atoms with Crippen molar-refractivity contribution in [3.63, 3.8) is 0 Å². The molecule has 0 saturated heterocycles. The van der Waals surface area contributed by atoms with Crippen LogP contribution in [0.3, 0.4) is 0 Å². The number of nitrogens with one attached hydrogen (secondary N) is 1. The number of nitrogens with zero attached hydrogens (tertiary/aromatic N) is 7. The minimum Gasteiger partial charge on any atom is -0.411 e. The molecule has 1 atom stereocenters. The van der Waals surface area contributed by atoms with Crippen LogP contribution < -0.4 is 0 Å². The second-order valence-electron chi connectivity index (χ2n) is 7.69. The van der Waals surface area contributed by atoms with E-state index in [0.29, 0.717) is 18.7 Å². The molecule has 158 valence electrons. The largest absolute Gasteiger partial charge is 0.411 e. The van der Waals surface area contributed by atoms with Crippen molar-refractivity contribution in [2.45, 2.75) is 19.4 Å². The number of hydrogen-bond acceptors (Lipinski definition) is 7. The first-order valence-electron chi connectivity index (χ1n) is 10.2. The Labute approximate surface area is 181 Å². The van der Waals surface area contributed by atoms with Crippen molar-refractivity contribution < 1.29 is 9.21 Å². The Hall–Kier alpha value is -4.34. The van der Waals surface area contributed by atoms with Gasteiger partial charge in [-0.15, -0.1) is 10.2 Å². The average molecular weight is 426 g/mol. The predicted molar refractivity (Wildman–Crippen MR) is 113 cm³/mol. The highest BCUT2D eigenvalue weighted by molar-refractivity contribution is 5.90. The van der Waals surface area contributed by atoms with Gasteiger partial charge in [0, 0.05) is 31.1 Å². The summed E-state index contributed by atoms with van der Waals surface area (Å²) in [6.07, 6.45) is 5.88. The molecular weight excluding hydrogens is 408 g/mol. The molecule has 1 aliphatic heterocycles. The Balaban J connectivity index is 1.40. The molecule has 0 unspecified atom stereocenters. The van der Waals surface area contributed by atoms with Gasteiger partial charge in [0.2, 0.25) is 0 Å². The zero-order valence-electron chi connectivity index (χ0n) is 17.1. The molecule has 32 heavy (non-hydrogen) atoms. The molecule has 6 rings (SSSR count). The lowest BCUT2D eigenvalue weighted by Gasteiger charge is -2.32. The van der Waals surface area contributed by atoms with Gasteiger partial charge in [-0.1, -0.05) is 12.1 Å². The second kappa shape index (κ2) is 7.12. The number of imidazole rings is 1. The fourth-order valence-electron chi connectivity index (χ4n) is 4.06. The molecule has 0 spiro atoms. The molecular formula is C22H18N8O2. The summed E-state index contributed by atoms with van der Waals surface area (Å²) >= 11 is 0. The Morgan fingerprint density at radius 1 is 1.19 bits per heavy atom. The number of aromatic nitrogens is 7. The topological polar surface area (TPSA) is 118 Å². The minimum absolute atomic E-state index is 0.0887. The monoisotopic (exact) mass is 426 g/mol. The van der Waals surface area contributed by atoms with E-state index < -0.39 is 6.04 Å². The summed E-state index contributed by atoms with van der Waals surface area (Å²) in [6.45, 7) is 2.48. The lowest BCUT2D eigenvalue weighted by molar-refractivity contribution is 0.0646. The number of amides is 1. The van der Waals surface area contributed by atoms with Crippen molar-refractivity contribution >= 4 is 11.4 Å². The summed E-state index contributed by atoms with van der Waals surface area (Å²) in [7, 11) is 0. The standard InChI is InChI=1S/C22H18N8O2/c1-13-5-6-14-10-17(28-30(14)11-13)19-18-15(24-12-25-18)7-9-29(19)22(31)21-27-26-20(32-21)16-4-2-3-8-23-16/h2-6,8,10-12,19H,7,9H2,1H3,(H,24,25)/t19-/m1/s1. The van der Waals surface area contributed by atoms with E-state index in [1.165, 1.54) is 0 Å². The zero-order valence-corrected chi connectivity index (χ0v) is 17.1. The van der Waals surface area contributed by atoms with Gasteiger partial charge in [0.1, 0.15) is 11.7 Å². The van der Waals surface area contributed by atoms with Crippen LogP contribution in [-0.4, -0.2) is 52.1 Å². The zero-order chi connectivity index (χ0) is 21.7. The quantitative estimate of drug-likeness (QED) is 0.471. The number of hydrogen-bond donors (Lipinski definition) is 1. The lowest BCUT2D eigenvalue weighted by atomic mass is 9.99. The van der Waals surface area contributed by atoms with Gasteiger partial charge in [0.25, 0.3) is 5.89 Å². The number of fused-ring (bicyclic) bond motifs is 2. The van der Waals surface area contributed by atoms with E-state index in [2.05, 4.69) is 25.1 Å². The molecule has 0 aliphatic carbocycles. The van der Waals surface area contributed by atoms with Crippen molar-refractivity contribution in [2.75, 3.05) is 6.54 Å². The van der Waals surface area contributed by atoms with Gasteiger partial charge in [-0.2, -0.15) is 5.10 Å². The lowest BCUT2D eigenvalue weighted by Crippen LogP contribution is -2.41. The molecule has 1 amide bonds. The van der Waals surface area contributed by atoms with Crippen molar-refractivity contribution in [1.29, 1.82) is 0 Å². The third-order valence-corrected chi connectivity index (χ3v) is 5.58.